The van der Waals surface area contributed by atoms with E-state index in [-0.39, 0.29) is 17.7 Å². The van der Waals surface area contributed by atoms with E-state index in [0.717, 1.165) is 5.56 Å². The van der Waals surface area contributed by atoms with E-state index in [4.69, 9.17) is 22.5 Å². The Bertz CT molecular complexity index is 439. The van der Waals surface area contributed by atoms with Crippen LogP contribution in [-0.2, 0) is 6.54 Å². The van der Waals surface area contributed by atoms with E-state index >= 15 is 0 Å². The van der Waals surface area contributed by atoms with Crippen LogP contribution in [0.2, 0.25) is 5.02 Å². The van der Waals surface area contributed by atoms with E-state index in [1.807, 2.05) is 18.9 Å². The summed E-state index contributed by atoms with van der Waals surface area (Å²) in [5.74, 6) is -0.171. The molecule has 0 spiro atoms. The summed E-state index contributed by atoms with van der Waals surface area (Å²) in [6, 6.07) is 4.41. The van der Waals surface area contributed by atoms with Gasteiger partial charge in [-0.15, -0.1) is 0 Å². The van der Waals surface area contributed by atoms with Crippen molar-refractivity contribution in [2.45, 2.75) is 25.9 Å². The van der Waals surface area contributed by atoms with Crippen LogP contribution in [0, 0.1) is 5.82 Å². The second-order valence-corrected chi connectivity index (χ2v) is 4.70. The molecule has 1 atom stereocenters. The molecule has 100 valence electrons. The first-order valence-corrected chi connectivity index (χ1v) is 5.92. The van der Waals surface area contributed by atoms with Crippen molar-refractivity contribution in [1.82, 2.24) is 4.90 Å². The molecule has 0 aromatic heterocycles. The number of oxime groups is 1. The summed E-state index contributed by atoms with van der Waals surface area (Å²) in [4.78, 5) is 2.00. The van der Waals surface area contributed by atoms with Crippen molar-refractivity contribution < 1.29 is 9.60 Å². The summed E-state index contributed by atoms with van der Waals surface area (Å²) < 4.78 is 12.9. The maximum absolute atomic E-state index is 12.9. The van der Waals surface area contributed by atoms with Crippen LogP contribution < -0.4 is 5.73 Å². The van der Waals surface area contributed by atoms with Crippen molar-refractivity contribution in [2.75, 3.05) is 7.05 Å². The predicted molar refractivity (Wildman–Crippen MR) is 70.4 cm³/mol. The molecule has 0 saturated heterocycles. The average molecular weight is 274 g/mol. The van der Waals surface area contributed by atoms with Crippen LogP contribution >= 0.6 is 11.6 Å². The maximum atomic E-state index is 12.9. The van der Waals surface area contributed by atoms with E-state index < -0.39 is 0 Å². The van der Waals surface area contributed by atoms with Gasteiger partial charge in [-0.05, 0) is 31.7 Å². The van der Waals surface area contributed by atoms with E-state index in [0.29, 0.717) is 18.0 Å². The highest BCUT2D eigenvalue weighted by atomic mass is 35.5. The van der Waals surface area contributed by atoms with Crippen molar-refractivity contribution >= 4 is 17.4 Å². The highest BCUT2D eigenvalue weighted by Crippen LogP contribution is 2.19. The second-order valence-electron chi connectivity index (χ2n) is 4.30. The number of nitrogens with two attached hydrogens (primary N) is 1. The Morgan fingerprint density at radius 3 is 2.83 bits per heavy atom. The van der Waals surface area contributed by atoms with Gasteiger partial charge in [-0.3, -0.25) is 4.90 Å². The molecule has 6 heteroatoms. The molecule has 1 unspecified atom stereocenters. The fourth-order valence-electron chi connectivity index (χ4n) is 1.57. The Kier molecular flexibility index (Phi) is 5.37. The largest absolute Gasteiger partial charge is 0.409 e. The van der Waals surface area contributed by atoms with Gasteiger partial charge in [0.1, 0.15) is 11.7 Å². The van der Waals surface area contributed by atoms with E-state index in [1.54, 1.807) is 6.07 Å². The molecule has 1 rings (SSSR count). The van der Waals surface area contributed by atoms with Gasteiger partial charge in [0.15, 0.2) is 0 Å². The Labute approximate surface area is 111 Å². The molecular weight excluding hydrogens is 257 g/mol. The molecule has 18 heavy (non-hydrogen) atoms. The van der Waals surface area contributed by atoms with Crippen molar-refractivity contribution in [3.05, 3.63) is 34.6 Å². The standard InChI is InChI=1S/C12H17ClFN3O/c1-8(5-12(15)16-18)17(2)7-9-3-4-10(14)6-11(9)13/h3-4,6,8,18H,5,7H2,1-2H3,(H2,15,16). The van der Waals surface area contributed by atoms with Crippen molar-refractivity contribution in [3.8, 4) is 0 Å². The summed E-state index contributed by atoms with van der Waals surface area (Å²) >= 11 is 5.96. The van der Waals surface area contributed by atoms with Crippen LogP contribution in [0.1, 0.15) is 18.9 Å². The molecule has 1 aromatic carbocycles. The van der Waals surface area contributed by atoms with Crippen LogP contribution in [0.3, 0.4) is 0 Å². The third-order valence-corrected chi connectivity index (χ3v) is 3.17. The predicted octanol–water partition coefficient (Wildman–Crippen LogP) is 2.44. The minimum Gasteiger partial charge on any atom is -0.409 e. The summed E-state index contributed by atoms with van der Waals surface area (Å²) in [5, 5.41) is 11.9. The summed E-state index contributed by atoms with van der Waals surface area (Å²) in [5.41, 5.74) is 6.29. The van der Waals surface area contributed by atoms with Crippen molar-refractivity contribution in [1.29, 1.82) is 0 Å². The molecule has 0 aliphatic rings. The lowest BCUT2D eigenvalue weighted by molar-refractivity contribution is 0.251. The van der Waals surface area contributed by atoms with E-state index in [1.165, 1.54) is 12.1 Å². The third kappa shape index (κ3) is 4.16. The van der Waals surface area contributed by atoms with E-state index in [2.05, 4.69) is 5.16 Å². The van der Waals surface area contributed by atoms with Crippen molar-refractivity contribution in [3.63, 3.8) is 0 Å². The van der Waals surface area contributed by atoms with Gasteiger partial charge in [-0.1, -0.05) is 22.8 Å². The molecule has 0 aliphatic heterocycles. The first kappa shape index (κ1) is 14.7. The summed E-state index contributed by atoms with van der Waals surface area (Å²) in [6.45, 7) is 2.52. The lowest BCUT2D eigenvalue weighted by Gasteiger charge is -2.24. The topological polar surface area (TPSA) is 61.9 Å². The highest BCUT2D eigenvalue weighted by Gasteiger charge is 2.13. The number of hydrogen-bond acceptors (Lipinski definition) is 3. The molecule has 0 aliphatic carbocycles. The van der Waals surface area contributed by atoms with Crippen LogP contribution in [0.5, 0.6) is 0 Å². The third-order valence-electron chi connectivity index (χ3n) is 2.82. The SMILES string of the molecule is CC(CC(N)=NO)N(C)Cc1ccc(F)cc1Cl. The van der Waals surface area contributed by atoms with Gasteiger partial charge in [-0.2, -0.15) is 0 Å². The molecule has 0 radical (unpaired) electrons. The van der Waals surface area contributed by atoms with Crippen LogP contribution in [0.15, 0.2) is 23.4 Å². The zero-order valence-electron chi connectivity index (χ0n) is 10.4. The van der Waals surface area contributed by atoms with Gasteiger partial charge in [0.2, 0.25) is 0 Å². The monoisotopic (exact) mass is 273 g/mol. The normalized spacial score (nSPS) is 13.9. The van der Waals surface area contributed by atoms with Gasteiger partial charge >= 0.3 is 0 Å². The van der Waals surface area contributed by atoms with Gasteiger partial charge < -0.3 is 10.9 Å². The Morgan fingerprint density at radius 1 is 1.61 bits per heavy atom. The maximum Gasteiger partial charge on any atom is 0.140 e. The first-order chi connectivity index (χ1) is 8.43. The summed E-state index contributed by atoms with van der Waals surface area (Å²) in [6.07, 6.45) is 0.450. The second kappa shape index (κ2) is 6.56. The number of amidine groups is 1. The van der Waals surface area contributed by atoms with Gasteiger partial charge in [-0.25, -0.2) is 4.39 Å². The molecule has 1 aromatic rings. The molecule has 0 fully saturated rings. The van der Waals surface area contributed by atoms with Crippen molar-refractivity contribution in [2.24, 2.45) is 10.9 Å². The number of rotatable bonds is 5. The number of nitrogens with zero attached hydrogens (tertiary/aromatic N) is 2. The fourth-order valence-corrected chi connectivity index (χ4v) is 1.80. The zero-order valence-corrected chi connectivity index (χ0v) is 11.2. The van der Waals surface area contributed by atoms with Crippen LogP contribution in [-0.4, -0.2) is 29.0 Å². The lowest BCUT2D eigenvalue weighted by atomic mass is 10.1. The van der Waals surface area contributed by atoms with Gasteiger partial charge in [0.25, 0.3) is 0 Å². The molecule has 0 saturated carbocycles. The quantitative estimate of drug-likeness (QED) is 0.375. The number of benzene rings is 1. The Morgan fingerprint density at radius 2 is 2.28 bits per heavy atom. The first-order valence-electron chi connectivity index (χ1n) is 5.54. The zero-order chi connectivity index (χ0) is 13.7. The van der Waals surface area contributed by atoms with Crippen LogP contribution in [0.4, 0.5) is 4.39 Å². The van der Waals surface area contributed by atoms with Gasteiger partial charge in [0, 0.05) is 24.0 Å². The fraction of sp³-hybridized carbons (Fsp3) is 0.417. The number of hydrogen-bond donors (Lipinski definition) is 2. The Hall–Kier alpha value is -1.33. The minimum absolute atomic E-state index is 0.0852. The molecular formula is C12H17ClFN3O. The molecule has 0 amide bonds. The number of halogens is 2. The smallest absolute Gasteiger partial charge is 0.140 e. The minimum atomic E-state index is -0.351. The molecule has 3 N–H and O–H groups in total. The van der Waals surface area contributed by atoms with Crippen LogP contribution in [0.25, 0.3) is 0 Å². The average Bonchev–Trinajstić information content (AvgIpc) is 2.32. The highest BCUT2D eigenvalue weighted by molar-refractivity contribution is 6.31. The lowest BCUT2D eigenvalue weighted by Crippen LogP contribution is -2.32. The molecule has 4 nitrogen and oxygen atoms in total. The van der Waals surface area contributed by atoms with Gasteiger partial charge in [0.05, 0.1) is 0 Å². The summed E-state index contributed by atoms with van der Waals surface area (Å²) in [7, 11) is 1.90. The molecule has 0 bridgehead atoms. The Balaban J connectivity index is 2.66. The van der Waals surface area contributed by atoms with E-state index in [9.17, 15) is 4.39 Å². The molecule has 0 heterocycles.